The zero-order chi connectivity index (χ0) is 2.57. The van der Waals surface area contributed by atoms with Crippen LogP contribution in [0.2, 0.25) is 0 Å². The Morgan fingerprint density at radius 3 is 1.25 bits per heavy atom. The van der Waals surface area contributed by atoms with Gasteiger partial charge in [0.05, 0.1) is 0 Å². The molecule has 0 aliphatic carbocycles. The molecule has 0 atom stereocenters. The fourth-order valence-corrected chi connectivity index (χ4v) is 35.4. The first-order valence-electron chi connectivity index (χ1n) is 1.25. The van der Waals surface area contributed by atoms with E-state index in [2.05, 4.69) is 0 Å². The van der Waals surface area contributed by atoms with E-state index in [-0.39, 0.29) is 0 Å². The molecule has 16 valence electrons. The second-order valence-corrected chi connectivity index (χ2v) is 27.0. The van der Waals surface area contributed by atoms with Crippen LogP contribution in [0.3, 0.4) is 0 Å². The molecular formula is Si4. The van der Waals surface area contributed by atoms with E-state index in [4.69, 9.17) is 0 Å². The van der Waals surface area contributed by atoms with Crippen molar-refractivity contribution in [1.82, 2.24) is 0 Å². The Kier molecular flexibility index (Phi) is 0.214. The highest BCUT2D eigenvalue weighted by Crippen LogP contribution is 2.18. The summed E-state index contributed by atoms with van der Waals surface area (Å²) in [5.41, 5.74) is 0. The van der Waals surface area contributed by atoms with Gasteiger partial charge in [-0.2, -0.15) is 0 Å². The van der Waals surface area contributed by atoms with Crippen LogP contribution in [0, 0.1) is 0 Å². The Morgan fingerprint density at radius 1 is 1.00 bits per heavy atom. The average Bonchev–Trinajstić information content (AvgIpc) is 1.36. The van der Waals surface area contributed by atoms with E-state index < -0.39 is 0 Å². The van der Waals surface area contributed by atoms with Crippen LogP contribution < -0.4 is 0 Å². The highest BCUT2D eigenvalue weighted by molar-refractivity contribution is 8.32. The van der Waals surface area contributed by atoms with E-state index in [1.165, 1.54) is 0 Å². The molecule has 2 aliphatic rings. The van der Waals surface area contributed by atoms with E-state index in [9.17, 15) is 0 Å². The van der Waals surface area contributed by atoms with E-state index in [1.54, 1.807) is 17.1 Å². The van der Waals surface area contributed by atoms with Crippen LogP contribution in [-0.4, -0.2) is 31.8 Å². The van der Waals surface area contributed by atoms with Crippen molar-refractivity contribution in [2.24, 2.45) is 0 Å². The fraction of sp³-hybridized carbons (Fsp3) is 0. The summed E-state index contributed by atoms with van der Waals surface area (Å²) in [5.74, 6) is 0. The predicted molar refractivity (Wildman–Crippen MR) is 23.0 cm³/mol. The lowest BCUT2D eigenvalue weighted by Gasteiger charge is -1.56. The first-order valence-corrected chi connectivity index (χ1v) is 11.2. The van der Waals surface area contributed by atoms with E-state index >= 15 is 0 Å². The maximum absolute atomic E-state index is 1.62. The molecule has 2 heterocycles. The summed E-state index contributed by atoms with van der Waals surface area (Å²) in [6.07, 6.45) is 0. The molecule has 0 saturated carbocycles. The number of fused-ring (bicyclic) bond motifs is 1. The van der Waals surface area contributed by atoms with Gasteiger partial charge in [-0.15, -0.1) is 0 Å². The summed E-state index contributed by atoms with van der Waals surface area (Å²) in [6.45, 7) is 0. The van der Waals surface area contributed by atoms with Gasteiger partial charge in [0.25, 0.3) is 0 Å². The minimum Gasteiger partial charge on any atom is 0 e. The van der Waals surface area contributed by atoms with Crippen LogP contribution in [0.5, 0.6) is 0 Å². The van der Waals surface area contributed by atoms with Crippen molar-refractivity contribution in [3.63, 3.8) is 0 Å². The van der Waals surface area contributed by atoms with E-state index in [0.717, 1.165) is 0 Å². The third kappa shape index (κ3) is 0.127. The van der Waals surface area contributed by atoms with Crippen molar-refractivity contribution in [3.05, 3.63) is 0 Å². The molecule has 2 aliphatic heterocycles. The molecule has 6 radical (unpaired) electrons. The van der Waals surface area contributed by atoms with Crippen LogP contribution >= 0.6 is 0 Å². The third-order valence-electron chi connectivity index (χ3n) is 0.625. The Labute approximate surface area is 32.4 Å². The van der Waals surface area contributed by atoms with Crippen LogP contribution in [-0.2, 0) is 0 Å². The van der Waals surface area contributed by atoms with Gasteiger partial charge in [0.1, 0.15) is 0 Å². The van der Waals surface area contributed by atoms with Crippen molar-refractivity contribution in [2.75, 3.05) is 0 Å². The lowest BCUT2D eigenvalue weighted by Crippen LogP contribution is -1.94. The van der Waals surface area contributed by atoms with E-state index in [0.29, 0.717) is 14.7 Å². The molecule has 0 amide bonds. The van der Waals surface area contributed by atoms with E-state index in [1.807, 2.05) is 0 Å². The van der Waals surface area contributed by atoms with Crippen LogP contribution in [0.1, 0.15) is 0 Å². The van der Waals surface area contributed by atoms with Crippen molar-refractivity contribution < 1.29 is 0 Å². The summed E-state index contributed by atoms with van der Waals surface area (Å²) in [6, 6.07) is 0. The summed E-state index contributed by atoms with van der Waals surface area (Å²) in [4.78, 5) is 0. The number of rotatable bonds is 0. The molecular weight excluding hydrogens is 112 g/mol. The maximum atomic E-state index is 1.62. The minimum absolute atomic E-state index is 0.694. The molecule has 4 heteroatoms. The highest BCUT2D eigenvalue weighted by Gasteiger charge is 2.56. The normalized spacial score (nSPS) is 39.0. The molecule has 0 bridgehead atoms. The van der Waals surface area contributed by atoms with Gasteiger partial charge in [-0.1, -0.05) is 0 Å². The van der Waals surface area contributed by atoms with Gasteiger partial charge in [-0.25, -0.2) is 0 Å². The van der Waals surface area contributed by atoms with Gasteiger partial charge in [0, 0.05) is 31.8 Å². The summed E-state index contributed by atoms with van der Waals surface area (Å²) < 4.78 is 0. The first kappa shape index (κ1) is 2.11. The fourth-order valence-electron chi connectivity index (χ4n) is 0.188. The highest BCUT2D eigenvalue weighted by atomic mass is 30.6. The quantitative estimate of drug-likeness (QED) is 0.334. The molecule has 2 saturated heterocycles. The predicted octanol–water partition coefficient (Wildman–Crippen LogP) is -1.52. The molecule has 0 unspecified atom stereocenters. The molecule has 0 aromatic heterocycles. The lowest BCUT2D eigenvalue weighted by atomic mass is 26.5. The first-order chi connectivity index (χ1) is 1.97. The zero-order valence-corrected chi connectivity index (χ0v) is 6.00. The lowest BCUT2D eigenvalue weighted by molar-refractivity contribution is 4.19. The summed E-state index contributed by atoms with van der Waals surface area (Å²) >= 11 is 0. The summed E-state index contributed by atoms with van der Waals surface area (Å²) in [5, 5.41) is 0. The Morgan fingerprint density at radius 2 is 1.25 bits per heavy atom. The van der Waals surface area contributed by atoms with Crippen molar-refractivity contribution in [1.29, 1.82) is 0 Å². The van der Waals surface area contributed by atoms with Gasteiger partial charge in [0.15, 0.2) is 0 Å². The van der Waals surface area contributed by atoms with Crippen molar-refractivity contribution >= 4 is 31.8 Å². The molecule has 2 fully saturated rings. The topological polar surface area (TPSA) is 0 Å². The van der Waals surface area contributed by atoms with Crippen LogP contribution in [0.25, 0.3) is 0 Å². The largest absolute Gasteiger partial charge is 0 e. The van der Waals surface area contributed by atoms with Gasteiger partial charge in [0.2, 0.25) is 0 Å². The summed E-state index contributed by atoms with van der Waals surface area (Å²) in [7, 11) is 4.63. The second-order valence-electron chi connectivity index (χ2n) is 1.00. The SMILES string of the molecule is [Si]1[Si]2[Si][Si]12. The third-order valence-corrected chi connectivity index (χ3v) is 37.1. The molecule has 0 spiro atoms. The second kappa shape index (κ2) is 0.404. The molecule has 2 rings (SSSR count). The van der Waals surface area contributed by atoms with Crippen molar-refractivity contribution in [2.45, 2.75) is 0 Å². The van der Waals surface area contributed by atoms with Crippen molar-refractivity contribution in [3.8, 4) is 0 Å². The Balaban J connectivity index is 2.48. The molecule has 0 aromatic carbocycles. The molecule has 0 aromatic rings. The Bertz CT molecular complexity index is 36.0. The van der Waals surface area contributed by atoms with Gasteiger partial charge in [-0.3, -0.25) is 0 Å². The van der Waals surface area contributed by atoms with Gasteiger partial charge >= 0.3 is 0 Å². The Hall–Kier alpha value is 0.868. The minimum atomic E-state index is 0.694. The van der Waals surface area contributed by atoms with Crippen LogP contribution in [0.4, 0.5) is 0 Å². The smallest absolute Gasteiger partial charge is 0 e. The van der Waals surface area contributed by atoms with Gasteiger partial charge in [-0.05, 0) is 0 Å². The van der Waals surface area contributed by atoms with Gasteiger partial charge < -0.3 is 0 Å². The maximum Gasteiger partial charge on any atom is 0 e. The monoisotopic (exact) mass is 112 g/mol. The number of hydrogen-bond donors (Lipinski definition) is 0. The van der Waals surface area contributed by atoms with Crippen LogP contribution in [0.15, 0.2) is 0 Å². The number of hydrogen-bond acceptors (Lipinski definition) is 0. The average molecular weight is 112 g/mol. The zero-order valence-electron chi connectivity index (χ0n) is 2.00. The molecule has 0 N–H and O–H groups in total. The molecule has 4 heavy (non-hydrogen) atoms. The standard InChI is InChI=1S/Si4/c1-3-2-4(1)3. The molecule has 0 nitrogen and oxygen atoms in total.